The number of aliphatic imine (C=N–C) groups is 1. The molecule has 17 nitrogen and oxygen atoms in total. The monoisotopic (exact) mass is 545 g/mol. The van der Waals surface area contributed by atoms with Crippen LogP contribution in [0.2, 0.25) is 0 Å². The average Bonchev–Trinajstić information content (AvgIpc) is 2.82. The first-order valence-electron chi connectivity index (χ1n) is 11.9. The van der Waals surface area contributed by atoms with Gasteiger partial charge in [-0.15, -0.1) is 0 Å². The summed E-state index contributed by atoms with van der Waals surface area (Å²) in [6.07, 6.45) is 0.0809. The van der Waals surface area contributed by atoms with E-state index in [1.165, 1.54) is 0 Å². The third kappa shape index (κ3) is 15.2. The standard InChI is InChI=1S/C21H39N9O8/c22-8-2-1-4-11(23)17(34)28-12(6-7-15(24)31)18(35)30-14(10-16(32)33)19(36)29-13(20(37)38)5-3-9-27-21(25)26/h11-14H,1-10,22-23H2,(H2,24,31)(H,28,34)(H,29,36)(H,30,35)(H,32,33)(H,37,38)(H4,25,26,27). The number of hydrogen-bond donors (Lipinski definition) is 10. The lowest BCUT2D eigenvalue weighted by molar-refractivity contribution is -0.143. The summed E-state index contributed by atoms with van der Waals surface area (Å²) in [6, 6.07) is -5.50. The third-order valence-corrected chi connectivity index (χ3v) is 5.19. The van der Waals surface area contributed by atoms with Crippen molar-refractivity contribution in [1.82, 2.24) is 16.0 Å². The maximum atomic E-state index is 12.9. The van der Waals surface area contributed by atoms with E-state index in [2.05, 4.69) is 20.9 Å². The fraction of sp³-hybridized carbons (Fsp3) is 0.667. The number of primary amides is 1. The number of unbranched alkanes of at least 4 members (excludes halogenated alkanes) is 1. The van der Waals surface area contributed by atoms with E-state index in [0.717, 1.165) is 0 Å². The van der Waals surface area contributed by atoms with Crippen molar-refractivity contribution in [2.45, 2.75) is 75.5 Å². The Morgan fingerprint density at radius 3 is 1.84 bits per heavy atom. The average molecular weight is 546 g/mol. The number of rotatable bonds is 20. The molecule has 216 valence electrons. The number of carboxylic acid groups (broad SMARTS) is 2. The minimum Gasteiger partial charge on any atom is -0.481 e. The lowest BCUT2D eigenvalue weighted by Gasteiger charge is -2.24. The molecule has 0 aromatic rings. The molecule has 17 heteroatoms. The first kappa shape index (κ1) is 34.0. The Hall–Kier alpha value is -3.99. The number of nitrogens with one attached hydrogen (secondary N) is 3. The molecule has 0 aromatic carbocycles. The number of carboxylic acids is 2. The van der Waals surface area contributed by atoms with E-state index in [9.17, 15) is 39.0 Å². The van der Waals surface area contributed by atoms with E-state index in [1.54, 1.807) is 0 Å². The van der Waals surface area contributed by atoms with Gasteiger partial charge in [0, 0.05) is 13.0 Å². The molecule has 0 heterocycles. The molecule has 0 aromatic heterocycles. The normalized spacial score (nSPS) is 13.7. The zero-order valence-corrected chi connectivity index (χ0v) is 21.1. The third-order valence-electron chi connectivity index (χ3n) is 5.19. The first-order valence-corrected chi connectivity index (χ1v) is 11.9. The van der Waals surface area contributed by atoms with E-state index >= 15 is 0 Å². The molecular formula is C21H39N9O8. The summed E-state index contributed by atoms with van der Waals surface area (Å²) >= 11 is 0. The van der Waals surface area contributed by atoms with Gasteiger partial charge in [0.2, 0.25) is 23.6 Å². The lowest BCUT2D eigenvalue weighted by Crippen LogP contribution is -2.57. The van der Waals surface area contributed by atoms with Crippen LogP contribution in [-0.4, -0.2) is 89.0 Å². The molecule has 0 rings (SSSR count). The maximum absolute atomic E-state index is 12.9. The second kappa shape index (κ2) is 18.3. The van der Waals surface area contributed by atoms with Gasteiger partial charge in [-0.1, -0.05) is 6.42 Å². The Labute approximate surface area is 219 Å². The number of hydrogen-bond acceptors (Lipinski definition) is 9. The quantitative estimate of drug-likeness (QED) is 0.0395. The molecular weight excluding hydrogens is 506 g/mol. The number of guanidine groups is 1. The number of nitrogens with two attached hydrogens (primary N) is 5. The van der Waals surface area contributed by atoms with Crippen LogP contribution in [0.4, 0.5) is 0 Å². The lowest BCUT2D eigenvalue weighted by atomic mass is 10.1. The number of carbonyl (C=O) groups is 6. The molecule has 0 radical (unpaired) electrons. The van der Waals surface area contributed by atoms with Crippen LogP contribution in [0.1, 0.15) is 51.4 Å². The topological polar surface area (TPSA) is 321 Å². The van der Waals surface area contributed by atoms with Crippen LogP contribution in [0.25, 0.3) is 0 Å². The largest absolute Gasteiger partial charge is 0.481 e. The zero-order valence-electron chi connectivity index (χ0n) is 21.1. The SMILES string of the molecule is NCCCCC(N)C(=O)NC(CCC(N)=O)C(=O)NC(CC(=O)O)C(=O)NC(CCCN=C(N)N)C(=O)O. The number of aliphatic carboxylic acids is 2. The fourth-order valence-corrected chi connectivity index (χ4v) is 3.16. The molecule has 0 saturated carbocycles. The summed E-state index contributed by atoms with van der Waals surface area (Å²) in [5.74, 6) is -6.63. The van der Waals surface area contributed by atoms with Crippen molar-refractivity contribution in [3.63, 3.8) is 0 Å². The molecule has 0 fully saturated rings. The molecule has 4 unspecified atom stereocenters. The summed E-state index contributed by atoms with van der Waals surface area (Å²) < 4.78 is 0. The Morgan fingerprint density at radius 1 is 0.737 bits per heavy atom. The second-order valence-corrected chi connectivity index (χ2v) is 8.46. The molecule has 0 aliphatic heterocycles. The van der Waals surface area contributed by atoms with Crippen molar-refractivity contribution in [2.75, 3.05) is 13.1 Å². The molecule has 0 bridgehead atoms. The van der Waals surface area contributed by atoms with Gasteiger partial charge in [0.15, 0.2) is 5.96 Å². The first-order chi connectivity index (χ1) is 17.8. The molecule has 15 N–H and O–H groups in total. The van der Waals surface area contributed by atoms with Crippen LogP contribution in [0.15, 0.2) is 4.99 Å². The van der Waals surface area contributed by atoms with Gasteiger partial charge in [-0.2, -0.15) is 0 Å². The van der Waals surface area contributed by atoms with Gasteiger partial charge >= 0.3 is 11.9 Å². The van der Waals surface area contributed by atoms with Crippen molar-refractivity contribution >= 4 is 41.5 Å². The molecule has 0 aliphatic carbocycles. The van der Waals surface area contributed by atoms with Gasteiger partial charge < -0.3 is 54.8 Å². The number of carbonyl (C=O) groups excluding carboxylic acids is 4. The second-order valence-electron chi connectivity index (χ2n) is 8.46. The number of nitrogens with zero attached hydrogens (tertiary/aromatic N) is 1. The van der Waals surface area contributed by atoms with Crippen LogP contribution in [0, 0.1) is 0 Å². The summed E-state index contributed by atoms with van der Waals surface area (Å²) in [4.78, 5) is 75.9. The van der Waals surface area contributed by atoms with E-state index in [-0.39, 0.29) is 44.6 Å². The van der Waals surface area contributed by atoms with E-state index in [0.29, 0.717) is 19.4 Å². The van der Waals surface area contributed by atoms with E-state index in [1.807, 2.05) is 0 Å². The van der Waals surface area contributed by atoms with Crippen molar-refractivity contribution in [2.24, 2.45) is 33.7 Å². The Bertz CT molecular complexity index is 864. The van der Waals surface area contributed by atoms with Crippen molar-refractivity contribution in [3.05, 3.63) is 0 Å². The van der Waals surface area contributed by atoms with Gasteiger partial charge in [-0.3, -0.25) is 29.0 Å². The Kier molecular flexibility index (Phi) is 16.4. The maximum Gasteiger partial charge on any atom is 0.326 e. The minimum absolute atomic E-state index is 0.0902. The van der Waals surface area contributed by atoms with Gasteiger partial charge in [0.05, 0.1) is 12.5 Å². The van der Waals surface area contributed by atoms with Crippen molar-refractivity contribution in [3.8, 4) is 0 Å². The summed E-state index contributed by atoms with van der Waals surface area (Å²) in [5, 5.41) is 25.4. The van der Waals surface area contributed by atoms with E-state index < -0.39 is 66.2 Å². The summed E-state index contributed by atoms with van der Waals surface area (Å²) in [5.41, 5.74) is 26.8. The highest BCUT2D eigenvalue weighted by molar-refractivity contribution is 5.95. The van der Waals surface area contributed by atoms with Crippen LogP contribution in [-0.2, 0) is 28.8 Å². The van der Waals surface area contributed by atoms with Gasteiger partial charge in [-0.25, -0.2) is 4.79 Å². The van der Waals surface area contributed by atoms with Crippen molar-refractivity contribution in [1.29, 1.82) is 0 Å². The van der Waals surface area contributed by atoms with Crippen LogP contribution < -0.4 is 44.6 Å². The highest BCUT2D eigenvalue weighted by atomic mass is 16.4. The molecule has 4 amide bonds. The Morgan fingerprint density at radius 2 is 1.32 bits per heavy atom. The fourth-order valence-electron chi connectivity index (χ4n) is 3.16. The van der Waals surface area contributed by atoms with Crippen molar-refractivity contribution < 1.29 is 39.0 Å². The van der Waals surface area contributed by atoms with Gasteiger partial charge in [0.1, 0.15) is 18.1 Å². The van der Waals surface area contributed by atoms with Gasteiger partial charge in [-0.05, 0) is 38.6 Å². The van der Waals surface area contributed by atoms with E-state index in [4.69, 9.17) is 28.7 Å². The van der Waals surface area contributed by atoms with Gasteiger partial charge in [0.25, 0.3) is 0 Å². The zero-order chi connectivity index (χ0) is 29.3. The van der Waals surface area contributed by atoms with Crippen LogP contribution in [0.3, 0.4) is 0 Å². The molecule has 38 heavy (non-hydrogen) atoms. The Balaban J connectivity index is 5.50. The summed E-state index contributed by atoms with van der Waals surface area (Å²) in [7, 11) is 0. The highest BCUT2D eigenvalue weighted by Gasteiger charge is 2.31. The smallest absolute Gasteiger partial charge is 0.326 e. The highest BCUT2D eigenvalue weighted by Crippen LogP contribution is 2.05. The molecule has 0 spiro atoms. The predicted molar refractivity (Wildman–Crippen MR) is 135 cm³/mol. The molecule has 4 atom stereocenters. The predicted octanol–water partition coefficient (Wildman–Crippen LogP) is -4.22. The summed E-state index contributed by atoms with van der Waals surface area (Å²) in [6.45, 7) is 0.497. The van der Waals surface area contributed by atoms with Crippen LogP contribution >= 0.6 is 0 Å². The molecule has 0 aliphatic rings. The minimum atomic E-state index is -1.70. The molecule has 0 saturated heterocycles. The van der Waals surface area contributed by atoms with Crippen LogP contribution in [0.5, 0.6) is 0 Å². The number of amides is 4.